The molecule has 0 saturated carbocycles. The molecule has 0 aliphatic carbocycles. The molecule has 0 fully saturated rings. The Bertz CT molecular complexity index is 1280. The molecule has 0 saturated heterocycles. The Morgan fingerprint density at radius 3 is 2.53 bits per heavy atom. The SMILES string of the molecule is O=C(NCc1cc(C(F)(F)F)ccn1)c1ccc2nc(Cc3c(Cl)cccc3Cl)[nH]c2c1. The monoisotopic (exact) mass is 478 g/mol. The van der Waals surface area contributed by atoms with Crippen LogP contribution in [0.4, 0.5) is 13.2 Å². The van der Waals surface area contributed by atoms with Gasteiger partial charge in [0.25, 0.3) is 5.91 Å². The molecule has 164 valence electrons. The van der Waals surface area contributed by atoms with Gasteiger partial charge in [-0.05, 0) is 48.0 Å². The maximum absolute atomic E-state index is 12.8. The molecule has 0 aliphatic rings. The van der Waals surface area contributed by atoms with E-state index in [0.29, 0.717) is 38.9 Å². The standard InChI is InChI=1S/C22H15Cl2F3N4O/c23-16-2-1-3-17(24)15(16)10-20-30-18-5-4-12(8-19(18)31-20)21(32)29-11-14-9-13(6-7-28-14)22(25,26)27/h1-9H,10-11H2,(H,29,32)(H,30,31). The van der Waals surface area contributed by atoms with Crippen molar-refractivity contribution in [3.63, 3.8) is 0 Å². The number of carbonyl (C=O) groups is 1. The van der Waals surface area contributed by atoms with Gasteiger partial charge in [-0.1, -0.05) is 29.3 Å². The number of benzene rings is 2. The maximum atomic E-state index is 12.8. The Morgan fingerprint density at radius 1 is 1.06 bits per heavy atom. The van der Waals surface area contributed by atoms with Crippen LogP contribution in [0.15, 0.2) is 54.7 Å². The minimum atomic E-state index is -4.47. The number of aromatic nitrogens is 3. The van der Waals surface area contributed by atoms with Gasteiger partial charge in [-0.3, -0.25) is 9.78 Å². The van der Waals surface area contributed by atoms with Crippen LogP contribution in [0.1, 0.15) is 33.0 Å². The van der Waals surface area contributed by atoms with Crippen molar-refractivity contribution in [2.45, 2.75) is 19.1 Å². The third kappa shape index (κ3) is 4.87. The molecule has 4 aromatic rings. The first kappa shape index (κ1) is 22.1. The van der Waals surface area contributed by atoms with Gasteiger partial charge in [0.05, 0.1) is 28.8 Å². The van der Waals surface area contributed by atoms with E-state index in [-0.39, 0.29) is 12.2 Å². The lowest BCUT2D eigenvalue weighted by atomic mass is 10.1. The van der Waals surface area contributed by atoms with E-state index in [1.807, 2.05) is 0 Å². The molecule has 0 bridgehead atoms. The summed E-state index contributed by atoms with van der Waals surface area (Å²) in [7, 11) is 0. The first-order valence-electron chi connectivity index (χ1n) is 9.42. The highest BCUT2D eigenvalue weighted by Gasteiger charge is 2.30. The van der Waals surface area contributed by atoms with E-state index in [9.17, 15) is 18.0 Å². The molecule has 0 radical (unpaired) electrons. The van der Waals surface area contributed by atoms with E-state index >= 15 is 0 Å². The number of hydrogen-bond donors (Lipinski definition) is 2. The van der Waals surface area contributed by atoms with Crippen LogP contribution in [-0.2, 0) is 19.1 Å². The van der Waals surface area contributed by atoms with Gasteiger partial charge in [-0.15, -0.1) is 0 Å². The Kier molecular flexibility index (Phi) is 6.08. The van der Waals surface area contributed by atoms with Crippen LogP contribution in [0.5, 0.6) is 0 Å². The molecule has 2 heterocycles. The van der Waals surface area contributed by atoms with E-state index in [0.717, 1.165) is 23.9 Å². The van der Waals surface area contributed by atoms with Crippen molar-refractivity contribution in [3.05, 3.63) is 93.0 Å². The minimum absolute atomic E-state index is 0.106. The van der Waals surface area contributed by atoms with E-state index in [1.54, 1.807) is 36.4 Å². The lowest BCUT2D eigenvalue weighted by Gasteiger charge is -2.09. The maximum Gasteiger partial charge on any atom is 0.416 e. The van der Waals surface area contributed by atoms with Crippen molar-refractivity contribution in [2.24, 2.45) is 0 Å². The fourth-order valence-electron chi connectivity index (χ4n) is 3.18. The van der Waals surface area contributed by atoms with Crippen molar-refractivity contribution < 1.29 is 18.0 Å². The summed E-state index contributed by atoms with van der Waals surface area (Å²) in [6.45, 7) is -0.139. The number of H-pyrrole nitrogens is 1. The molecule has 10 heteroatoms. The third-order valence-corrected chi connectivity index (χ3v) is 5.48. The van der Waals surface area contributed by atoms with Crippen molar-refractivity contribution in [1.82, 2.24) is 20.3 Å². The molecule has 2 N–H and O–H groups in total. The molecule has 32 heavy (non-hydrogen) atoms. The van der Waals surface area contributed by atoms with Crippen LogP contribution < -0.4 is 5.32 Å². The number of carbonyl (C=O) groups excluding carboxylic acids is 1. The summed E-state index contributed by atoms with van der Waals surface area (Å²) in [5, 5.41) is 3.64. The molecule has 0 unspecified atom stereocenters. The van der Waals surface area contributed by atoms with Gasteiger partial charge in [-0.25, -0.2) is 4.98 Å². The molecule has 4 rings (SSSR count). The summed E-state index contributed by atoms with van der Waals surface area (Å²) >= 11 is 12.4. The number of alkyl halides is 3. The second-order valence-corrected chi connectivity index (χ2v) is 7.82. The molecule has 2 aromatic heterocycles. The Morgan fingerprint density at radius 2 is 1.81 bits per heavy atom. The topological polar surface area (TPSA) is 70.7 Å². The van der Waals surface area contributed by atoms with Gasteiger partial charge in [0.15, 0.2) is 0 Å². The number of nitrogens with zero attached hydrogens (tertiary/aromatic N) is 2. The van der Waals surface area contributed by atoms with Crippen molar-refractivity contribution in [2.75, 3.05) is 0 Å². The average Bonchev–Trinajstić information content (AvgIpc) is 3.16. The predicted octanol–water partition coefficient (Wildman–Crippen LogP) is 5.80. The fourth-order valence-corrected chi connectivity index (χ4v) is 3.71. The van der Waals surface area contributed by atoms with Crippen LogP contribution in [0.25, 0.3) is 11.0 Å². The zero-order valence-corrected chi connectivity index (χ0v) is 17.8. The normalized spacial score (nSPS) is 11.7. The molecule has 0 atom stereocenters. The van der Waals surface area contributed by atoms with Crippen LogP contribution in [0.2, 0.25) is 10.0 Å². The smallest absolute Gasteiger partial charge is 0.346 e. The molecule has 2 aromatic carbocycles. The number of pyridine rings is 1. The quantitative estimate of drug-likeness (QED) is 0.380. The Balaban J connectivity index is 1.48. The highest BCUT2D eigenvalue weighted by atomic mass is 35.5. The number of rotatable bonds is 5. The molecule has 5 nitrogen and oxygen atoms in total. The molecular formula is C22H15Cl2F3N4O. The Labute approximate surface area is 190 Å². The number of hydrogen-bond acceptors (Lipinski definition) is 3. The number of amides is 1. The zero-order chi connectivity index (χ0) is 22.9. The Hall–Kier alpha value is -3.10. The van der Waals surface area contributed by atoms with Crippen molar-refractivity contribution >= 4 is 40.1 Å². The summed E-state index contributed by atoms with van der Waals surface area (Å²) in [6.07, 6.45) is -3.02. The first-order valence-corrected chi connectivity index (χ1v) is 10.2. The van der Waals surface area contributed by atoms with Crippen LogP contribution in [0.3, 0.4) is 0 Å². The zero-order valence-electron chi connectivity index (χ0n) is 16.3. The van der Waals surface area contributed by atoms with Gasteiger partial charge in [0.2, 0.25) is 0 Å². The van der Waals surface area contributed by atoms with Crippen LogP contribution >= 0.6 is 23.2 Å². The van der Waals surface area contributed by atoms with E-state index < -0.39 is 17.6 Å². The largest absolute Gasteiger partial charge is 0.416 e. The number of imidazole rings is 1. The second kappa shape index (κ2) is 8.80. The van der Waals surface area contributed by atoms with Crippen LogP contribution in [-0.4, -0.2) is 20.9 Å². The number of nitrogens with one attached hydrogen (secondary N) is 2. The fraction of sp³-hybridized carbons (Fsp3) is 0.136. The number of aromatic amines is 1. The van der Waals surface area contributed by atoms with Crippen LogP contribution in [0, 0.1) is 0 Å². The summed E-state index contributed by atoms with van der Waals surface area (Å²) < 4.78 is 38.5. The van der Waals surface area contributed by atoms with E-state index in [2.05, 4.69) is 20.3 Å². The number of fused-ring (bicyclic) bond motifs is 1. The number of halogens is 5. The molecule has 1 amide bonds. The van der Waals surface area contributed by atoms with Gasteiger partial charge in [0, 0.05) is 28.2 Å². The lowest BCUT2D eigenvalue weighted by Crippen LogP contribution is -2.23. The average molecular weight is 479 g/mol. The second-order valence-electron chi connectivity index (χ2n) is 7.01. The summed E-state index contributed by atoms with van der Waals surface area (Å²) in [6, 6.07) is 11.9. The molecule has 0 spiro atoms. The lowest BCUT2D eigenvalue weighted by molar-refractivity contribution is -0.137. The third-order valence-electron chi connectivity index (χ3n) is 4.77. The summed E-state index contributed by atoms with van der Waals surface area (Å²) in [4.78, 5) is 24.0. The molecular weight excluding hydrogens is 464 g/mol. The van der Waals surface area contributed by atoms with Gasteiger partial charge in [0.1, 0.15) is 5.82 Å². The highest BCUT2D eigenvalue weighted by molar-refractivity contribution is 6.36. The summed E-state index contributed by atoms with van der Waals surface area (Å²) in [5.74, 6) is 0.178. The van der Waals surface area contributed by atoms with Gasteiger partial charge in [-0.2, -0.15) is 13.2 Å². The van der Waals surface area contributed by atoms with E-state index in [4.69, 9.17) is 23.2 Å². The first-order chi connectivity index (χ1) is 15.2. The molecule has 0 aliphatic heterocycles. The van der Waals surface area contributed by atoms with Crippen molar-refractivity contribution in [1.29, 1.82) is 0 Å². The van der Waals surface area contributed by atoms with Crippen molar-refractivity contribution in [3.8, 4) is 0 Å². The minimum Gasteiger partial charge on any atom is -0.346 e. The van der Waals surface area contributed by atoms with Gasteiger partial charge >= 0.3 is 6.18 Å². The van der Waals surface area contributed by atoms with Gasteiger partial charge < -0.3 is 10.3 Å². The summed E-state index contributed by atoms with van der Waals surface area (Å²) in [5.41, 5.74) is 1.64. The predicted molar refractivity (Wildman–Crippen MR) is 116 cm³/mol. The highest BCUT2D eigenvalue weighted by Crippen LogP contribution is 2.29. The van der Waals surface area contributed by atoms with E-state index in [1.165, 1.54) is 0 Å².